The lowest BCUT2D eigenvalue weighted by atomic mass is 9.97. The predicted octanol–water partition coefficient (Wildman–Crippen LogP) is -1.70. The number of carbonyl (C=O) groups is 5. The zero-order valence-electron chi connectivity index (χ0n) is 16.8. The van der Waals surface area contributed by atoms with Gasteiger partial charge in [0, 0.05) is 13.0 Å². The summed E-state index contributed by atoms with van der Waals surface area (Å²) in [6.07, 6.45) is 1.56. The van der Waals surface area contributed by atoms with E-state index in [0.29, 0.717) is 25.8 Å². The first-order valence-electron chi connectivity index (χ1n) is 9.72. The van der Waals surface area contributed by atoms with Gasteiger partial charge in [0.2, 0.25) is 23.6 Å². The Morgan fingerprint density at radius 1 is 1.24 bits per heavy atom. The second-order valence-electron chi connectivity index (χ2n) is 7.29. The van der Waals surface area contributed by atoms with Crippen LogP contribution >= 0.6 is 0 Å². The van der Waals surface area contributed by atoms with Gasteiger partial charge in [-0.2, -0.15) is 0 Å². The van der Waals surface area contributed by atoms with E-state index in [9.17, 15) is 29.1 Å². The van der Waals surface area contributed by atoms with E-state index < -0.39 is 54.3 Å². The maximum Gasteiger partial charge on any atom is 0.326 e. The average Bonchev–Trinajstić information content (AvgIpc) is 3.17. The highest BCUT2D eigenvalue weighted by Gasteiger charge is 2.39. The molecule has 1 fully saturated rings. The molecule has 7 N–H and O–H groups in total. The van der Waals surface area contributed by atoms with Crippen LogP contribution in [0.15, 0.2) is 0 Å². The number of nitrogens with one attached hydrogen (secondary N) is 2. The lowest BCUT2D eigenvalue weighted by Gasteiger charge is -2.30. The van der Waals surface area contributed by atoms with Gasteiger partial charge in [-0.25, -0.2) is 4.79 Å². The molecule has 29 heavy (non-hydrogen) atoms. The molecular weight excluding hydrogens is 382 g/mol. The number of hydrogen-bond acceptors (Lipinski definition) is 6. The van der Waals surface area contributed by atoms with Crippen molar-refractivity contribution in [2.75, 3.05) is 13.1 Å². The maximum absolute atomic E-state index is 12.9. The Morgan fingerprint density at radius 2 is 1.90 bits per heavy atom. The Kier molecular flexibility index (Phi) is 9.53. The van der Waals surface area contributed by atoms with E-state index in [2.05, 4.69) is 10.6 Å². The van der Waals surface area contributed by atoms with E-state index in [1.54, 1.807) is 6.92 Å². The summed E-state index contributed by atoms with van der Waals surface area (Å²) in [6, 6.07) is -2.77. The zero-order chi connectivity index (χ0) is 22.1. The van der Waals surface area contributed by atoms with Crippen LogP contribution in [0.2, 0.25) is 0 Å². The lowest BCUT2D eigenvalue weighted by molar-refractivity contribution is -0.150. The van der Waals surface area contributed by atoms with Crippen LogP contribution in [0.3, 0.4) is 0 Å². The minimum atomic E-state index is -1.07. The molecule has 1 rings (SSSR count). The minimum absolute atomic E-state index is 0.0497. The van der Waals surface area contributed by atoms with Gasteiger partial charge in [-0.15, -0.1) is 0 Å². The van der Waals surface area contributed by atoms with Crippen LogP contribution in [-0.2, 0) is 24.0 Å². The quantitative estimate of drug-likeness (QED) is 0.267. The number of carboxylic acid groups (broad SMARTS) is 1. The van der Waals surface area contributed by atoms with E-state index in [0.717, 1.165) is 0 Å². The first kappa shape index (κ1) is 24.3. The highest BCUT2D eigenvalue weighted by molar-refractivity contribution is 5.93. The number of rotatable bonds is 11. The third kappa shape index (κ3) is 7.33. The molecule has 1 aliphatic heterocycles. The minimum Gasteiger partial charge on any atom is -0.480 e. The molecule has 1 aliphatic rings. The van der Waals surface area contributed by atoms with Crippen LogP contribution in [0.5, 0.6) is 0 Å². The number of likely N-dealkylation sites (tertiary alicyclic amines) is 1. The first-order chi connectivity index (χ1) is 13.6. The van der Waals surface area contributed by atoms with Crippen molar-refractivity contribution in [3.8, 4) is 0 Å². The van der Waals surface area contributed by atoms with Gasteiger partial charge >= 0.3 is 5.97 Å². The third-order valence-electron chi connectivity index (χ3n) is 5.08. The summed E-state index contributed by atoms with van der Waals surface area (Å²) in [5, 5.41) is 14.3. The zero-order valence-corrected chi connectivity index (χ0v) is 16.8. The van der Waals surface area contributed by atoms with Crippen molar-refractivity contribution in [3.63, 3.8) is 0 Å². The molecule has 4 amide bonds. The lowest BCUT2D eigenvalue weighted by Crippen LogP contribution is -2.56. The number of nitrogens with zero attached hydrogens (tertiary/aromatic N) is 1. The van der Waals surface area contributed by atoms with Crippen LogP contribution in [0.25, 0.3) is 0 Å². The summed E-state index contributed by atoms with van der Waals surface area (Å²) < 4.78 is 0. The van der Waals surface area contributed by atoms with E-state index >= 15 is 0 Å². The molecule has 0 aliphatic carbocycles. The standard InChI is InChI=1S/C18H31N5O6/c1-3-10(2)15(17(27)23-8-4-5-12(23)18(28)29)22-14(25)9-21-16(26)11(19)6-7-13(20)24/h10-12,15H,3-9,19H2,1-2H3,(H2,20,24)(H,21,26)(H,22,25)(H,28,29). The molecule has 1 saturated heterocycles. The molecule has 164 valence electrons. The van der Waals surface area contributed by atoms with Crippen LogP contribution in [0.1, 0.15) is 46.0 Å². The van der Waals surface area contributed by atoms with Crippen molar-refractivity contribution < 1.29 is 29.1 Å². The molecule has 0 aromatic carbocycles. The molecule has 0 radical (unpaired) electrons. The van der Waals surface area contributed by atoms with Gasteiger partial charge in [0.1, 0.15) is 12.1 Å². The summed E-state index contributed by atoms with van der Waals surface area (Å²) in [7, 11) is 0. The monoisotopic (exact) mass is 413 g/mol. The Bertz CT molecular complexity index is 640. The molecule has 11 nitrogen and oxygen atoms in total. The number of nitrogens with two attached hydrogens (primary N) is 2. The molecule has 4 unspecified atom stereocenters. The Hall–Kier alpha value is -2.69. The van der Waals surface area contributed by atoms with E-state index in [4.69, 9.17) is 11.5 Å². The van der Waals surface area contributed by atoms with Gasteiger partial charge in [0.15, 0.2) is 0 Å². The van der Waals surface area contributed by atoms with Gasteiger partial charge in [0.25, 0.3) is 0 Å². The fraction of sp³-hybridized carbons (Fsp3) is 0.722. The number of amides is 4. The second kappa shape index (κ2) is 11.3. The van der Waals surface area contributed by atoms with Gasteiger partial charge in [-0.3, -0.25) is 19.2 Å². The van der Waals surface area contributed by atoms with Crippen LogP contribution in [0.4, 0.5) is 0 Å². The average molecular weight is 413 g/mol. The number of carboxylic acids is 1. The van der Waals surface area contributed by atoms with E-state index in [1.807, 2.05) is 6.92 Å². The topological polar surface area (TPSA) is 185 Å². The molecule has 11 heteroatoms. The summed E-state index contributed by atoms with van der Waals surface area (Å²) >= 11 is 0. The maximum atomic E-state index is 12.9. The predicted molar refractivity (Wildman–Crippen MR) is 103 cm³/mol. The third-order valence-corrected chi connectivity index (χ3v) is 5.08. The van der Waals surface area contributed by atoms with Crippen LogP contribution in [0, 0.1) is 5.92 Å². The van der Waals surface area contributed by atoms with Crippen molar-refractivity contribution in [2.24, 2.45) is 17.4 Å². The van der Waals surface area contributed by atoms with Crippen molar-refractivity contribution in [1.82, 2.24) is 15.5 Å². The molecule has 1 heterocycles. The van der Waals surface area contributed by atoms with Gasteiger partial charge < -0.3 is 32.1 Å². The summed E-state index contributed by atoms with van der Waals surface area (Å²) in [5.74, 6) is -3.52. The molecular formula is C18H31N5O6. The highest BCUT2D eigenvalue weighted by atomic mass is 16.4. The number of carbonyl (C=O) groups excluding carboxylic acids is 4. The normalized spacial score (nSPS) is 19.1. The molecule has 0 aromatic heterocycles. The smallest absolute Gasteiger partial charge is 0.326 e. The van der Waals surface area contributed by atoms with Crippen LogP contribution < -0.4 is 22.1 Å². The molecule has 0 aromatic rings. The summed E-state index contributed by atoms with van der Waals surface area (Å²) in [4.78, 5) is 60.4. The van der Waals surface area contributed by atoms with E-state index in [1.165, 1.54) is 4.90 Å². The Balaban J connectivity index is 2.67. The van der Waals surface area contributed by atoms with Crippen LogP contribution in [-0.4, -0.2) is 70.8 Å². The SMILES string of the molecule is CCC(C)C(NC(=O)CNC(=O)C(N)CCC(N)=O)C(=O)N1CCCC1C(=O)O. The highest BCUT2D eigenvalue weighted by Crippen LogP contribution is 2.21. The van der Waals surface area contributed by atoms with Gasteiger partial charge in [-0.05, 0) is 25.2 Å². The van der Waals surface area contributed by atoms with Gasteiger partial charge in [0.05, 0.1) is 12.6 Å². The van der Waals surface area contributed by atoms with Crippen molar-refractivity contribution in [3.05, 3.63) is 0 Å². The number of aliphatic carboxylic acids is 1. The fourth-order valence-corrected chi connectivity index (χ4v) is 3.10. The Morgan fingerprint density at radius 3 is 2.45 bits per heavy atom. The Labute approximate surface area is 169 Å². The number of primary amides is 1. The number of hydrogen-bond donors (Lipinski definition) is 5. The molecule has 0 spiro atoms. The fourth-order valence-electron chi connectivity index (χ4n) is 3.10. The first-order valence-corrected chi connectivity index (χ1v) is 9.72. The molecule has 0 saturated carbocycles. The largest absolute Gasteiger partial charge is 0.480 e. The molecule has 4 atom stereocenters. The van der Waals surface area contributed by atoms with E-state index in [-0.39, 0.29) is 18.8 Å². The summed E-state index contributed by atoms with van der Waals surface area (Å²) in [5.41, 5.74) is 10.6. The second-order valence-corrected chi connectivity index (χ2v) is 7.29. The van der Waals surface area contributed by atoms with Crippen molar-refractivity contribution in [1.29, 1.82) is 0 Å². The summed E-state index contributed by atoms with van der Waals surface area (Å²) in [6.45, 7) is 3.57. The van der Waals surface area contributed by atoms with Gasteiger partial charge in [-0.1, -0.05) is 20.3 Å². The van der Waals surface area contributed by atoms with Crippen molar-refractivity contribution >= 4 is 29.6 Å². The van der Waals surface area contributed by atoms with Crippen molar-refractivity contribution in [2.45, 2.75) is 64.1 Å². The molecule has 0 bridgehead atoms.